The van der Waals surface area contributed by atoms with Crippen LogP contribution < -0.4 is 14.8 Å². The molecule has 0 spiro atoms. The third-order valence-corrected chi connectivity index (χ3v) is 6.72. The number of imide groups is 1. The van der Waals surface area contributed by atoms with Gasteiger partial charge in [-0.15, -0.1) is 0 Å². The van der Waals surface area contributed by atoms with Crippen LogP contribution >= 0.6 is 0 Å². The zero-order chi connectivity index (χ0) is 20.9. The van der Waals surface area contributed by atoms with Gasteiger partial charge in [0.15, 0.2) is 11.5 Å². The summed E-state index contributed by atoms with van der Waals surface area (Å²) in [6, 6.07) is 5.27. The van der Waals surface area contributed by atoms with E-state index >= 15 is 0 Å². The average molecular weight is 413 g/mol. The van der Waals surface area contributed by atoms with Crippen molar-refractivity contribution in [1.29, 1.82) is 0 Å². The molecule has 1 N–H and O–H groups in total. The first-order valence-electron chi connectivity index (χ1n) is 10.8. The molecule has 0 radical (unpaired) electrons. The highest BCUT2D eigenvalue weighted by atomic mass is 16.5. The zero-order valence-electron chi connectivity index (χ0n) is 17.2. The van der Waals surface area contributed by atoms with Crippen LogP contribution in [0.25, 0.3) is 0 Å². The smallest absolute Gasteiger partial charge is 0.325 e. The second-order valence-corrected chi connectivity index (χ2v) is 8.80. The number of carbonyl (C=O) groups is 3. The third kappa shape index (κ3) is 3.18. The summed E-state index contributed by atoms with van der Waals surface area (Å²) in [4.78, 5) is 41.3. The van der Waals surface area contributed by atoms with Gasteiger partial charge in [0.05, 0.1) is 19.3 Å². The van der Waals surface area contributed by atoms with Gasteiger partial charge < -0.3 is 19.7 Å². The quantitative estimate of drug-likeness (QED) is 0.765. The SMILES string of the molecule is C[C@@]1(C2CC2)NC(=O)N(CC(=O)N2CCC[C@@H]2c2ccc3c(c2)OCCCO3)C1=O. The van der Waals surface area contributed by atoms with Crippen LogP contribution in [0, 0.1) is 5.92 Å². The van der Waals surface area contributed by atoms with Gasteiger partial charge in [0.2, 0.25) is 5.91 Å². The fourth-order valence-electron chi connectivity index (χ4n) is 4.82. The van der Waals surface area contributed by atoms with Crippen LogP contribution in [0.3, 0.4) is 0 Å². The highest BCUT2D eigenvalue weighted by Gasteiger charge is 2.56. The second kappa shape index (κ2) is 7.18. The molecule has 4 aliphatic rings. The maximum atomic E-state index is 13.1. The molecule has 30 heavy (non-hydrogen) atoms. The van der Waals surface area contributed by atoms with Crippen LogP contribution in [0.4, 0.5) is 4.79 Å². The van der Waals surface area contributed by atoms with Crippen molar-refractivity contribution in [3.8, 4) is 11.5 Å². The van der Waals surface area contributed by atoms with Crippen LogP contribution in [0.1, 0.15) is 50.6 Å². The molecule has 4 amide bonds. The van der Waals surface area contributed by atoms with E-state index in [1.165, 1.54) is 0 Å². The Balaban J connectivity index is 1.32. The normalized spacial score (nSPS) is 28.5. The molecule has 0 aromatic heterocycles. The monoisotopic (exact) mass is 413 g/mol. The first-order valence-corrected chi connectivity index (χ1v) is 10.8. The lowest BCUT2D eigenvalue weighted by Gasteiger charge is -2.27. The Labute approximate surface area is 175 Å². The molecule has 1 aliphatic carbocycles. The minimum atomic E-state index is -0.865. The fraction of sp³-hybridized carbons (Fsp3) is 0.591. The highest BCUT2D eigenvalue weighted by Crippen LogP contribution is 2.43. The second-order valence-electron chi connectivity index (χ2n) is 8.80. The Kier molecular flexibility index (Phi) is 4.60. The summed E-state index contributed by atoms with van der Waals surface area (Å²) in [7, 11) is 0. The molecule has 0 bridgehead atoms. The summed E-state index contributed by atoms with van der Waals surface area (Å²) in [6.45, 7) is 3.41. The van der Waals surface area contributed by atoms with Gasteiger partial charge in [-0.2, -0.15) is 0 Å². The average Bonchev–Trinajstić information content (AvgIpc) is 3.49. The van der Waals surface area contributed by atoms with Crippen molar-refractivity contribution >= 4 is 17.8 Å². The predicted octanol–water partition coefficient (Wildman–Crippen LogP) is 2.23. The number of hydrogen-bond acceptors (Lipinski definition) is 5. The van der Waals surface area contributed by atoms with E-state index < -0.39 is 11.6 Å². The fourth-order valence-corrected chi connectivity index (χ4v) is 4.82. The van der Waals surface area contributed by atoms with E-state index in [0.717, 1.165) is 48.3 Å². The summed E-state index contributed by atoms with van der Waals surface area (Å²) in [5.41, 5.74) is 0.126. The van der Waals surface area contributed by atoms with Crippen LogP contribution in [0.5, 0.6) is 11.5 Å². The van der Waals surface area contributed by atoms with Gasteiger partial charge in [-0.25, -0.2) is 4.79 Å². The van der Waals surface area contributed by atoms with Crippen LogP contribution in [0.2, 0.25) is 0 Å². The summed E-state index contributed by atoms with van der Waals surface area (Å²) in [5, 5.41) is 2.81. The van der Waals surface area contributed by atoms with Gasteiger partial charge in [-0.05, 0) is 56.2 Å². The molecule has 0 unspecified atom stereocenters. The first kappa shape index (κ1) is 19.2. The number of carbonyl (C=O) groups excluding carboxylic acids is 3. The molecule has 1 saturated carbocycles. The lowest BCUT2D eigenvalue weighted by atomic mass is 9.96. The lowest BCUT2D eigenvalue weighted by molar-refractivity contribution is -0.139. The van der Waals surface area contributed by atoms with E-state index in [0.29, 0.717) is 25.5 Å². The number of likely N-dealkylation sites (tertiary alicyclic amines) is 1. The van der Waals surface area contributed by atoms with E-state index in [2.05, 4.69) is 5.32 Å². The van der Waals surface area contributed by atoms with E-state index in [4.69, 9.17) is 9.47 Å². The standard InChI is InChI=1S/C22H27N3O5/c1-22(15-6-7-15)20(27)25(21(28)23-22)13-19(26)24-9-2-4-16(24)14-5-8-17-18(12-14)30-11-3-10-29-17/h5,8,12,15-16H,2-4,6-7,9-11,13H2,1H3,(H,23,28)/t16-,22+/m1/s1. The maximum absolute atomic E-state index is 13.1. The van der Waals surface area contributed by atoms with E-state index in [9.17, 15) is 14.4 Å². The van der Waals surface area contributed by atoms with Crippen molar-refractivity contribution in [2.75, 3.05) is 26.3 Å². The summed E-state index contributed by atoms with van der Waals surface area (Å²) < 4.78 is 11.5. The summed E-state index contributed by atoms with van der Waals surface area (Å²) in [5.74, 6) is 1.13. The number of hydrogen-bond donors (Lipinski definition) is 1. The van der Waals surface area contributed by atoms with Gasteiger partial charge in [0.1, 0.15) is 12.1 Å². The van der Waals surface area contributed by atoms with Gasteiger partial charge in [-0.3, -0.25) is 14.5 Å². The molecule has 2 saturated heterocycles. The molecule has 3 aliphatic heterocycles. The largest absolute Gasteiger partial charge is 0.490 e. The van der Waals surface area contributed by atoms with Gasteiger partial charge >= 0.3 is 6.03 Å². The van der Waals surface area contributed by atoms with Crippen molar-refractivity contribution in [1.82, 2.24) is 15.1 Å². The summed E-state index contributed by atoms with van der Waals surface area (Å²) in [6.07, 6.45) is 4.42. The zero-order valence-corrected chi connectivity index (χ0v) is 17.2. The van der Waals surface area contributed by atoms with E-state index in [1.807, 2.05) is 18.2 Å². The van der Waals surface area contributed by atoms with E-state index in [-0.39, 0.29) is 30.3 Å². The third-order valence-electron chi connectivity index (χ3n) is 6.72. The van der Waals surface area contributed by atoms with Crippen LogP contribution in [-0.4, -0.2) is 59.5 Å². The minimum absolute atomic E-state index is 0.0924. The van der Waals surface area contributed by atoms with Crippen molar-refractivity contribution < 1.29 is 23.9 Å². The van der Waals surface area contributed by atoms with Crippen molar-refractivity contribution in [2.45, 2.75) is 50.6 Å². The summed E-state index contributed by atoms with van der Waals surface area (Å²) >= 11 is 0. The molecule has 3 heterocycles. The maximum Gasteiger partial charge on any atom is 0.325 e. The molecule has 2 atom stereocenters. The first-order chi connectivity index (χ1) is 14.5. The molecule has 8 nitrogen and oxygen atoms in total. The molecule has 8 heteroatoms. The highest BCUT2D eigenvalue weighted by molar-refractivity contribution is 6.09. The van der Waals surface area contributed by atoms with Crippen molar-refractivity contribution in [2.24, 2.45) is 5.92 Å². The Hall–Kier alpha value is -2.77. The Morgan fingerprint density at radius 2 is 1.90 bits per heavy atom. The number of urea groups is 1. The Bertz CT molecular complexity index is 899. The van der Waals surface area contributed by atoms with Crippen LogP contribution in [-0.2, 0) is 9.59 Å². The number of amides is 4. The molecule has 1 aromatic carbocycles. The van der Waals surface area contributed by atoms with Crippen molar-refractivity contribution in [3.05, 3.63) is 23.8 Å². The molecular weight excluding hydrogens is 386 g/mol. The molecule has 5 rings (SSSR count). The number of benzene rings is 1. The van der Waals surface area contributed by atoms with Gasteiger partial charge in [0.25, 0.3) is 5.91 Å². The molecule has 3 fully saturated rings. The van der Waals surface area contributed by atoms with Crippen molar-refractivity contribution in [3.63, 3.8) is 0 Å². The topological polar surface area (TPSA) is 88.2 Å². The molecule has 1 aromatic rings. The number of fused-ring (bicyclic) bond motifs is 1. The molecular formula is C22H27N3O5. The van der Waals surface area contributed by atoms with Crippen LogP contribution in [0.15, 0.2) is 18.2 Å². The number of rotatable bonds is 4. The van der Waals surface area contributed by atoms with Gasteiger partial charge in [0, 0.05) is 13.0 Å². The number of nitrogens with one attached hydrogen (secondary N) is 1. The van der Waals surface area contributed by atoms with E-state index in [1.54, 1.807) is 11.8 Å². The predicted molar refractivity (Wildman–Crippen MR) is 107 cm³/mol. The minimum Gasteiger partial charge on any atom is -0.490 e. The number of ether oxygens (including phenoxy) is 2. The number of nitrogens with zero attached hydrogens (tertiary/aromatic N) is 2. The Morgan fingerprint density at radius 3 is 2.67 bits per heavy atom. The van der Waals surface area contributed by atoms with Gasteiger partial charge in [-0.1, -0.05) is 6.07 Å². The lowest BCUT2D eigenvalue weighted by Crippen LogP contribution is -2.47. The molecule has 160 valence electrons. The Morgan fingerprint density at radius 1 is 1.13 bits per heavy atom.